The standard InChI is InChI=1S/C28H28F4N2O2/c1-28(18-3-7-20(29)8-4-18,19-5-9-21(30)10-6-19)27(36)33(2)26(17-34-14-13-23(35)16-34)24-12-11-22(31)15-25(24)32/h3-12,15,23,26,35H,13-14,16-17H2,1-2H3/t23-,26+/m0/s1. The molecule has 4 nitrogen and oxygen atoms in total. The van der Waals surface area contributed by atoms with E-state index in [0.717, 1.165) is 12.1 Å². The number of rotatable bonds is 7. The van der Waals surface area contributed by atoms with Gasteiger partial charge in [-0.3, -0.25) is 9.69 Å². The van der Waals surface area contributed by atoms with Gasteiger partial charge in [0.15, 0.2) is 0 Å². The fraction of sp³-hybridized carbons (Fsp3) is 0.321. The number of hydrogen-bond donors (Lipinski definition) is 1. The number of hydrogen-bond acceptors (Lipinski definition) is 3. The van der Waals surface area contributed by atoms with Gasteiger partial charge >= 0.3 is 0 Å². The van der Waals surface area contributed by atoms with Crippen molar-refractivity contribution in [1.82, 2.24) is 9.80 Å². The Balaban J connectivity index is 1.78. The highest BCUT2D eigenvalue weighted by atomic mass is 19.1. The van der Waals surface area contributed by atoms with Gasteiger partial charge in [-0.25, -0.2) is 17.6 Å². The molecule has 0 aliphatic carbocycles. The van der Waals surface area contributed by atoms with Crippen LogP contribution in [0.3, 0.4) is 0 Å². The lowest BCUT2D eigenvalue weighted by Crippen LogP contribution is -2.48. The van der Waals surface area contributed by atoms with Crippen molar-refractivity contribution in [2.24, 2.45) is 0 Å². The summed E-state index contributed by atoms with van der Waals surface area (Å²) in [5.41, 5.74) is -0.283. The van der Waals surface area contributed by atoms with Gasteiger partial charge in [-0.2, -0.15) is 0 Å². The topological polar surface area (TPSA) is 43.8 Å². The van der Waals surface area contributed by atoms with Gasteiger partial charge in [0.2, 0.25) is 5.91 Å². The zero-order valence-electron chi connectivity index (χ0n) is 20.1. The van der Waals surface area contributed by atoms with E-state index in [2.05, 4.69) is 0 Å². The van der Waals surface area contributed by atoms with E-state index in [9.17, 15) is 27.5 Å². The lowest BCUT2D eigenvalue weighted by molar-refractivity contribution is -0.136. The molecule has 1 N–H and O–H groups in total. The summed E-state index contributed by atoms with van der Waals surface area (Å²) in [5, 5.41) is 9.99. The maximum atomic E-state index is 15.0. The van der Waals surface area contributed by atoms with E-state index in [1.165, 1.54) is 66.5 Å². The highest BCUT2D eigenvalue weighted by Gasteiger charge is 2.42. The first-order valence-electron chi connectivity index (χ1n) is 11.7. The first-order chi connectivity index (χ1) is 17.1. The van der Waals surface area contributed by atoms with E-state index in [1.807, 2.05) is 4.90 Å². The smallest absolute Gasteiger partial charge is 0.237 e. The Labute approximate surface area is 207 Å². The maximum Gasteiger partial charge on any atom is 0.237 e. The molecule has 0 unspecified atom stereocenters. The van der Waals surface area contributed by atoms with Crippen LogP contribution in [-0.4, -0.2) is 53.6 Å². The Bertz CT molecular complexity index is 1170. The minimum Gasteiger partial charge on any atom is -0.392 e. The largest absolute Gasteiger partial charge is 0.392 e. The van der Waals surface area contributed by atoms with Crippen LogP contribution in [-0.2, 0) is 10.2 Å². The highest BCUT2D eigenvalue weighted by molar-refractivity contribution is 5.92. The van der Waals surface area contributed by atoms with Gasteiger partial charge in [-0.1, -0.05) is 30.3 Å². The van der Waals surface area contributed by atoms with E-state index in [1.54, 1.807) is 6.92 Å². The Kier molecular flexibility index (Phi) is 7.47. The van der Waals surface area contributed by atoms with Crippen LogP contribution < -0.4 is 0 Å². The van der Waals surface area contributed by atoms with Crippen molar-refractivity contribution in [3.8, 4) is 0 Å². The molecular weight excluding hydrogens is 472 g/mol. The van der Waals surface area contributed by atoms with Gasteiger partial charge in [-0.05, 0) is 54.8 Å². The molecule has 2 atom stereocenters. The number of aliphatic hydroxyl groups excluding tert-OH is 1. The summed E-state index contributed by atoms with van der Waals surface area (Å²) in [4.78, 5) is 17.6. The molecule has 1 fully saturated rings. The molecule has 0 radical (unpaired) electrons. The van der Waals surface area contributed by atoms with Crippen molar-refractivity contribution in [2.75, 3.05) is 26.7 Å². The van der Waals surface area contributed by atoms with Gasteiger partial charge in [-0.15, -0.1) is 0 Å². The number of aliphatic hydroxyl groups is 1. The van der Waals surface area contributed by atoms with E-state index in [4.69, 9.17) is 0 Å². The molecule has 190 valence electrons. The predicted molar refractivity (Wildman–Crippen MR) is 128 cm³/mol. The number of carbonyl (C=O) groups is 1. The highest BCUT2D eigenvalue weighted by Crippen LogP contribution is 2.37. The summed E-state index contributed by atoms with van der Waals surface area (Å²) in [6.45, 7) is 2.80. The van der Waals surface area contributed by atoms with E-state index >= 15 is 0 Å². The number of β-amino-alcohol motifs (C(OH)–C–C–N with tert-alkyl or cyclic N) is 1. The van der Waals surface area contributed by atoms with E-state index in [-0.39, 0.29) is 12.1 Å². The van der Waals surface area contributed by atoms with Gasteiger partial charge in [0.05, 0.1) is 17.6 Å². The quantitative estimate of drug-likeness (QED) is 0.474. The van der Waals surface area contributed by atoms with Crippen molar-refractivity contribution < 1.29 is 27.5 Å². The van der Waals surface area contributed by atoms with Crippen LogP contribution in [0, 0.1) is 23.3 Å². The Morgan fingerprint density at radius 2 is 1.50 bits per heavy atom. The summed E-state index contributed by atoms with van der Waals surface area (Å²) in [6, 6.07) is 13.4. The Hall–Kier alpha value is -3.23. The molecule has 1 heterocycles. The third-order valence-corrected chi connectivity index (χ3v) is 7.06. The second-order valence-electron chi connectivity index (χ2n) is 9.44. The maximum absolute atomic E-state index is 15.0. The van der Waals surface area contributed by atoms with Crippen LogP contribution in [0.25, 0.3) is 0 Å². The Morgan fingerprint density at radius 1 is 0.972 bits per heavy atom. The number of likely N-dealkylation sites (N-methyl/N-ethyl adjacent to an activating group) is 1. The van der Waals surface area contributed by atoms with E-state index in [0.29, 0.717) is 30.6 Å². The van der Waals surface area contributed by atoms with Crippen molar-refractivity contribution in [2.45, 2.75) is 30.9 Å². The molecule has 1 aliphatic heterocycles. The second kappa shape index (κ2) is 10.4. The monoisotopic (exact) mass is 500 g/mol. The van der Waals surface area contributed by atoms with Crippen LogP contribution in [0.2, 0.25) is 0 Å². The zero-order valence-corrected chi connectivity index (χ0v) is 20.1. The molecule has 0 bridgehead atoms. The molecule has 1 saturated heterocycles. The van der Waals surface area contributed by atoms with Crippen molar-refractivity contribution in [1.29, 1.82) is 0 Å². The second-order valence-corrected chi connectivity index (χ2v) is 9.44. The first-order valence-corrected chi connectivity index (χ1v) is 11.7. The summed E-state index contributed by atoms with van der Waals surface area (Å²) in [7, 11) is 1.54. The normalized spacial score (nSPS) is 17.2. The summed E-state index contributed by atoms with van der Waals surface area (Å²) >= 11 is 0. The van der Waals surface area contributed by atoms with Crippen LogP contribution in [0.5, 0.6) is 0 Å². The number of amides is 1. The summed E-state index contributed by atoms with van der Waals surface area (Å²) < 4.78 is 56.1. The molecule has 1 aliphatic rings. The number of likely N-dealkylation sites (tertiary alicyclic amines) is 1. The average Bonchev–Trinajstić information content (AvgIpc) is 3.27. The average molecular weight is 501 g/mol. The van der Waals surface area contributed by atoms with Gasteiger partial charge < -0.3 is 10.0 Å². The minimum absolute atomic E-state index is 0.134. The van der Waals surface area contributed by atoms with Crippen LogP contribution >= 0.6 is 0 Å². The molecule has 1 amide bonds. The fourth-order valence-corrected chi connectivity index (χ4v) is 4.90. The molecule has 36 heavy (non-hydrogen) atoms. The third-order valence-electron chi connectivity index (χ3n) is 7.06. The first kappa shape index (κ1) is 25.9. The summed E-state index contributed by atoms with van der Waals surface area (Å²) in [6.07, 6.45) is 0.0347. The minimum atomic E-state index is -1.37. The van der Waals surface area contributed by atoms with Crippen molar-refractivity contribution in [3.05, 3.63) is 107 Å². The van der Waals surface area contributed by atoms with Crippen LogP contribution in [0.1, 0.15) is 36.1 Å². The predicted octanol–water partition coefficient (Wildman–Crippen LogP) is 4.82. The molecule has 0 aromatic heterocycles. The number of benzene rings is 3. The molecule has 3 aromatic carbocycles. The molecular formula is C28H28F4N2O2. The number of nitrogens with zero attached hydrogens (tertiary/aromatic N) is 2. The Morgan fingerprint density at radius 3 is 1.97 bits per heavy atom. The number of carbonyl (C=O) groups excluding carboxylic acids is 1. The zero-order chi connectivity index (χ0) is 26.0. The molecule has 8 heteroatoms. The van der Waals surface area contributed by atoms with Gasteiger partial charge in [0.25, 0.3) is 0 Å². The van der Waals surface area contributed by atoms with Gasteiger partial charge in [0.1, 0.15) is 23.3 Å². The lowest BCUT2D eigenvalue weighted by atomic mass is 9.74. The lowest BCUT2D eigenvalue weighted by Gasteiger charge is -2.39. The molecule has 0 saturated carbocycles. The molecule has 3 aromatic rings. The molecule has 0 spiro atoms. The van der Waals surface area contributed by atoms with E-state index < -0.39 is 46.7 Å². The van der Waals surface area contributed by atoms with Gasteiger partial charge in [0, 0.05) is 38.3 Å². The molecule has 4 rings (SSSR count). The number of halogens is 4. The SMILES string of the molecule is CN(C(=O)C(C)(c1ccc(F)cc1)c1ccc(F)cc1)[C@H](CN1CC[C@H](O)C1)c1ccc(F)cc1F. The van der Waals surface area contributed by atoms with Crippen LogP contribution in [0.15, 0.2) is 66.7 Å². The third kappa shape index (κ3) is 5.15. The van der Waals surface area contributed by atoms with Crippen LogP contribution in [0.4, 0.5) is 17.6 Å². The van der Waals surface area contributed by atoms with Crippen molar-refractivity contribution >= 4 is 5.91 Å². The fourth-order valence-electron chi connectivity index (χ4n) is 4.90. The van der Waals surface area contributed by atoms with Crippen molar-refractivity contribution in [3.63, 3.8) is 0 Å². The summed E-state index contributed by atoms with van der Waals surface area (Å²) in [5.74, 6) is -2.90.